The molecular formula is C14H10Br2N2O. The Bertz CT molecular complexity index is 780. The van der Waals surface area contributed by atoms with Crippen molar-refractivity contribution >= 4 is 48.6 Å². The first-order valence-electron chi connectivity index (χ1n) is 5.66. The van der Waals surface area contributed by atoms with Gasteiger partial charge in [-0.1, -0.05) is 27.6 Å². The molecule has 19 heavy (non-hydrogen) atoms. The van der Waals surface area contributed by atoms with Crippen molar-refractivity contribution in [2.24, 2.45) is 0 Å². The van der Waals surface area contributed by atoms with Crippen LogP contribution in [0.15, 0.2) is 43.7 Å². The number of nitrogen functional groups attached to an aromatic ring is 1. The first-order chi connectivity index (χ1) is 9.04. The molecule has 2 aromatic carbocycles. The van der Waals surface area contributed by atoms with Crippen LogP contribution in [-0.2, 0) is 0 Å². The number of benzene rings is 2. The molecule has 0 saturated heterocycles. The first-order valence-corrected chi connectivity index (χ1v) is 7.25. The monoisotopic (exact) mass is 380 g/mol. The molecule has 0 amide bonds. The van der Waals surface area contributed by atoms with Crippen molar-refractivity contribution in [3.63, 3.8) is 0 Å². The fraction of sp³-hybridized carbons (Fsp3) is 0.0714. The van der Waals surface area contributed by atoms with Crippen molar-refractivity contribution < 1.29 is 4.42 Å². The van der Waals surface area contributed by atoms with Gasteiger partial charge in [-0.05, 0) is 47.1 Å². The summed E-state index contributed by atoms with van der Waals surface area (Å²) < 4.78 is 7.62. The quantitative estimate of drug-likeness (QED) is 0.609. The minimum absolute atomic E-state index is 0.565. The molecule has 5 heteroatoms. The van der Waals surface area contributed by atoms with Gasteiger partial charge in [0.05, 0.1) is 11.3 Å². The Morgan fingerprint density at radius 3 is 2.74 bits per heavy atom. The summed E-state index contributed by atoms with van der Waals surface area (Å²) in [6.45, 7) is 2.03. The normalized spacial score (nSPS) is 11.1. The predicted molar refractivity (Wildman–Crippen MR) is 84.0 cm³/mol. The Morgan fingerprint density at radius 1 is 1.16 bits per heavy atom. The molecule has 0 saturated carbocycles. The van der Waals surface area contributed by atoms with Crippen molar-refractivity contribution in [3.8, 4) is 11.5 Å². The Morgan fingerprint density at radius 2 is 1.95 bits per heavy atom. The first kappa shape index (κ1) is 12.7. The van der Waals surface area contributed by atoms with Crippen LogP contribution in [-0.4, -0.2) is 4.98 Å². The molecule has 2 N–H and O–H groups in total. The van der Waals surface area contributed by atoms with Crippen molar-refractivity contribution in [1.29, 1.82) is 0 Å². The van der Waals surface area contributed by atoms with E-state index in [-0.39, 0.29) is 0 Å². The Hall–Kier alpha value is -1.33. The van der Waals surface area contributed by atoms with Gasteiger partial charge in [0.25, 0.3) is 0 Å². The molecule has 0 fully saturated rings. The molecule has 0 atom stereocenters. The molecule has 0 bridgehead atoms. The average molecular weight is 382 g/mol. The van der Waals surface area contributed by atoms with Crippen LogP contribution in [0.25, 0.3) is 22.6 Å². The van der Waals surface area contributed by atoms with E-state index in [1.807, 2.05) is 37.3 Å². The van der Waals surface area contributed by atoms with Crippen LogP contribution in [0.4, 0.5) is 5.69 Å². The van der Waals surface area contributed by atoms with E-state index in [0.717, 1.165) is 25.6 Å². The van der Waals surface area contributed by atoms with Crippen LogP contribution in [0.3, 0.4) is 0 Å². The van der Waals surface area contributed by atoms with Gasteiger partial charge < -0.3 is 10.2 Å². The maximum atomic E-state index is 5.94. The molecule has 1 heterocycles. The van der Waals surface area contributed by atoms with Crippen molar-refractivity contribution in [1.82, 2.24) is 4.98 Å². The lowest BCUT2D eigenvalue weighted by Gasteiger charge is -2.00. The Labute approximate surface area is 127 Å². The van der Waals surface area contributed by atoms with E-state index < -0.39 is 0 Å². The van der Waals surface area contributed by atoms with E-state index in [2.05, 4.69) is 36.8 Å². The van der Waals surface area contributed by atoms with Gasteiger partial charge in [-0.2, -0.15) is 0 Å². The zero-order valence-corrected chi connectivity index (χ0v) is 13.2. The van der Waals surface area contributed by atoms with Gasteiger partial charge in [-0.15, -0.1) is 0 Å². The molecule has 3 aromatic rings. The van der Waals surface area contributed by atoms with Crippen LogP contribution in [0.2, 0.25) is 0 Å². The summed E-state index contributed by atoms with van der Waals surface area (Å²) in [6, 6.07) is 9.74. The topological polar surface area (TPSA) is 52.0 Å². The number of rotatable bonds is 1. The largest absolute Gasteiger partial charge is 0.434 e. The second-order valence-corrected chi connectivity index (χ2v) is 6.12. The third-order valence-corrected chi connectivity index (χ3v) is 3.99. The lowest BCUT2D eigenvalue weighted by atomic mass is 10.1. The minimum atomic E-state index is 0.565. The lowest BCUT2D eigenvalue weighted by molar-refractivity contribution is 0.620. The van der Waals surface area contributed by atoms with Crippen LogP contribution < -0.4 is 5.73 Å². The molecular weight excluding hydrogens is 372 g/mol. The summed E-state index contributed by atoms with van der Waals surface area (Å²) >= 11 is 6.92. The van der Waals surface area contributed by atoms with Gasteiger partial charge in [-0.25, -0.2) is 4.98 Å². The second kappa shape index (κ2) is 4.65. The summed E-state index contributed by atoms with van der Waals surface area (Å²) in [5.41, 5.74) is 9.95. The molecule has 1 aromatic heterocycles. The van der Waals surface area contributed by atoms with E-state index in [4.69, 9.17) is 10.2 Å². The number of hydrogen-bond acceptors (Lipinski definition) is 3. The molecule has 0 spiro atoms. The highest BCUT2D eigenvalue weighted by atomic mass is 79.9. The number of fused-ring (bicyclic) bond motifs is 1. The number of nitrogens with zero attached hydrogens (tertiary/aromatic N) is 1. The summed E-state index contributed by atoms with van der Waals surface area (Å²) in [7, 11) is 0. The highest BCUT2D eigenvalue weighted by Gasteiger charge is 2.13. The lowest BCUT2D eigenvalue weighted by Crippen LogP contribution is -1.84. The molecule has 0 radical (unpaired) electrons. The fourth-order valence-electron chi connectivity index (χ4n) is 1.94. The third-order valence-electron chi connectivity index (χ3n) is 2.84. The number of hydrogen-bond donors (Lipinski definition) is 1. The number of halogens is 2. The standard InChI is InChI=1S/C14H10Br2N2O/c1-7-2-3-10(16)9(4-7)14-18-12-6-8(15)5-11(17)13(12)19-14/h2-6H,17H2,1H3. The molecule has 96 valence electrons. The summed E-state index contributed by atoms with van der Waals surface area (Å²) in [5, 5.41) is 0. The molecule has 0 aliphatic carbocycles. The van der Waals surface area contributed by atoms with Gasteiger partial charge in [-0.3, -0.25) is 0 Å². The summed E-state index contributed by atoms with van der Waals surface area (Å²) in [5.74, 6) is 0.565. The van der Waals surface area contributed by atoms with Crippen LogP contribution >= 0.6 is 31.9 Å². The van der Waals surface area contributed by atoms with E-state index in [0.29, 0.717) is 17.2 Å². The highest BCUT2D eigenvalue weighted by molar-refractivity contribution is 9.10. The fourth-order valence-corrected chi connectivity index (χ4v) is 2.82. The molecule has 0 unspecified atom stereocenters. The van der Waals surface area contributed by atoms with Crippen molar-refractivity contribution in [2.45, 2.75) is 6.92 Å². The van der Waals surface area contributed by atoms with E-state index in [1.54, 1.807) is 0 Å². The Kier molecular flexibility index (Phi) is 3.11. The van der Waals surface area contributed by atoms with E-state index >= 15 is 0 Å². The maximum absolute atomic E-state index is 5.94. The smallest absolute Gasteiger partial charge is 0.228 e. The number of aryl methyl sites for hydroxylation is 1. The molecule has 3 rings (SSSR count). The highest BCUT2D eigenvalue weighted by Crippen LogP contribution is 2.34. The summed E-state index contributed by atoms with van der Waals surface area (Å²) in [6.07, 6.45) is 0. The maximum Gasteiger partial charge on any atom is 0.228 e. The second-order valence-electron chi connectivity index (χ2n) is 4.35. The van der Waals surface area contributed by atoms with E-state index in [1.165, 1.54) is 0 Å². The van der Waals surface area contributed by atoms with Gasteiger partial charge in [0.1, 0.15) is 5.52 Å². The number of anilines is 1. The van der Waals surface area contributed by atoms with Crippen LogP contribution in [0.5, 0.6) is 0 Å². The van der Waals surface area contributed by atoms with Crippen LogP contribution in [0.1, 0.15) is 5.56 Å². The predicted octanol–water partition coefficient (Wildman–Crippen LogP) is 4.91. The van der Waals surface area contributed by atoms with Crippen LogP contribution in [0, 0.1) is 6.92 Å². The van der Waals surface area contributed by atoms with Gasteiger partial charge >= 0.3 is 0 Å². The van der Waals surface area contributed by atoms with Gasteiger partial charge in [0.15, 0.2) is 5.58 Å². The SMILES string of the molecule is Cc1ccc(Br)c(-c2nc3cc(Br)cc(N)c3o2)c1. The Balaban J connectivity index is 2.26. The number of nitrogens with two attached hydrogens (primary N) is 1. The van der Waals surface area contributed by atoms with Gasteiger partial charge in [0, 0.05) is 8.95 Å². The molecule has 3 nitrogen and oxygen atoms in total. The van der Waals surface area contributed by atoms with Crippen molar-refractivity contribution in [3.05, 3.63) is 44.8 Å². The molecule has 0 aliphatic rings. The van der Waals surface area contributed by atoms with Gasteiger partial charge in [0.2, 0.25) is 5.89 Å². The zero-order valence-electron chi connectivity index (χ0n) is 10.1. The van der Waals surface area contributed by atoms with E-state index in [9.17, 15) is 0 Å². The summed E-state index contributed by atoms with van der Waals surface area (Å²) in [4.78, 5) is 4.50. The zero-order chi connectivity index (χ0) is 13.6. The number of aromatic nitrogens is 1. The third kappa shape index (κ3) is 2.28. The minimum Gasteiger partial charge on any atom is -0.434 e. The van der Waals surface area contributed by atoms with Crippen molar-refractivity contribution in [2.75, 3.05) is 5.73 Å². The number of oxazole rings is 1. The average Bonchev–Trinajstić information content (AvgIpc) is 2.76. The molecule has 0 aliphatic heterocycles.